The smallest absolute Gasteiger partial charge is 0.182 e. The van der Waals surface area contributed by atoms with Crippen molar-refractivity contribution in [2.45, 2.75) is 6.42 Å². The van der Waals surface area contributed by atoms with Gasteiger partial charge >= 0.3 is 0 Å². The van der Waals surface area contributed by atoms with Gasteiger partial charge in [-0.25, -0.2) is 19.9 Å². The van der Waals surface area contributed by atoms with Crippen LogP contribution in [0.3, 0.4) is 0 Å². The highest BCUT2D eigenvalue weighted by atomic mass is 16.5. The van der Waals surface area contributed by atoms with E-state index in [9.17, 15) is 0 Å². The number of hydrogen-bond acceptors (Lipinski definition) is 7. The Kier molecular flexibility index (Phi) is 7.93. The van der Waals surface area contributed by atoms with Crippen LogP contribution in [0.25, 0.3) is 106 Å². The van der Waals surface area contributed by atoms with Crippen molar-refractivity contribution < 1.29 is 9.15 Å². The summed E-state index contributed by atoms with van der Waals surface area (Å²) in [6, 6.07) is 51.9. The highest BCUT2D eigenvalue weighted by Gasteiger charge is 2.25. The Morgan fingerprint density at radius 1 is 0.508 bits per heavy atom. The summed E-state index contributed by atoms with van der Waals surface area (Å²) in [4.78, 5) is 25.3. The van der Waals surface area contributed by atoms with Crippen molar-refractivity contribution in [3.8, 4) is 51.3 Å². The fourth-order valence-corrected chi connectivity index (χ4v) is 8.79. The van der Waals surface area contributed by atoms with Crippen LogP contribution in [0.1, 0.15) is 16.7 Å². The number of hydrogen-bond donors (Lipinski definition) is 0. The second kappa shape index (κ2) is 13.9. The van der Waals surface area contributed by atoms with Crippen molar-refractivity contribution >= 4 is 60.3 Å². The maximum Gasteiger partial charge on any atom is 0.182 e. The first-order valence-electron chi connectivity index (χ1n) is 20.2. The molecule has 7 heteroatoms. The first-order valence-corrected chi connectivity index (χ1v) is 20.2. The van der Waals surface area contributed by atoms with Crippen LogP contribution in [0.2, 0.25) is 0 Å². The summed E-state index contributed by atoms with van der Waals surface area (Å²) in [5.41, 5.74) is 8.55. The molecular weight excluding hydrogens is 751 g/mol. The van der Waals surface area contributed by atoms with E-state index in [1.54, 1.807) is 12.4 Å². The average Bonchev–Trinajstić information content (AvgIpc) is 3.75. The summed E-state index contributed by atoms with van der Waals surface area (Å²) >= 11 is 0. The van der Waals surface area contributed by atoms with Gasteiger partial charge in [0.15, 0.2) is 17.5 Å². The Morgan fingerprint density at radius 2 is 1.16 bits per heavy atom. The largest absolute Gasteiger partial charge is 0.457 e. The van der Waals surface area contributed by atoms with Gasteiger partial charge in [-0.1, -0.05) is 122 Å². The van der Waals surface area contributed by atoms with E-state index in [0.717, 1.165) is 76.6 Å². The molecule has 0 saturated heterocycles. The van der Waals surface area contributed by atoms with Crippen LogP contribution in [0.15, 0.2) is 187 Å². The van der Waals surface area contributed by atoms with Crippen LogP contribution in [0.5, 0.6) is 5.75 Å². The van der Waals surface area contributed by atoms with Crippen LogP contribution < -0.4 is 4.74 Å². The summed E-state index contributed by atoms with van der Waals surface area (Å²) in [6.07, 6.45) is 8.13. The van der Waals surface area contributed by atoms with E-state index in [0.29, 0.717) is 52.2 Å². The second-order valence-corrected chi connectivity index (χ2v) is 15.3. The maximum atomic E-state index is 6.90. The highest BCUT2D eigenvalue weighted by molar-refractivity contribution is 6.28. The molecule has 0 N–H and O–H groups in total. The zero-order valence-electron chi connectivity index (χ0n) is 32.7. The molecule has 0 aliphatic carbocycles. The zero-order chi connectivity index (χ0) is 40.4. The third-order valence-corrected chi connectivity index (χ3v) is 11.6. The van der Waals surface area contributed by atoms with Crippen LogP contribution >= 0.6 is 0 Å². The van der Waals surface area contributed by atoms with Gasteiger partial charge in [-0.2, -0.15) is 0 Å². The summed E-state index contributed by atoms with van der Waals surface area (Å²) in [5.74, 6) is 2.44. The lowest BCUT2D eigenvalue weighted by Crippen LogP contribution is -2.05. The molecule has 1 aliphatic heterocycles. The van der Waals surface area contributed by atoms with E-state index in [-0.39, 0.29) is 0 Å². The van der Waals surface area contributed by atoms with Crippen LogP contribution in [0.4, 0.5) is 0 Å². The van der Waals surface area contributed by atoms with Crippen LogP contribution in [-0.2, 0) is 6.42 Å². The third-order valence-electron chi connectivity index (χ3n) is 11.6. The Bertz CT molecular complexity index is 3630. The van der Waals surface area contributed by atoms with E-state index in [2.05, 4.69) is 139 Å². The SMILES string of the molecule is C=C1/C=C\c2ccccc2Cc2c(c(-c3nc(-c4cccc(-c5ccncc5)n4)nc(-c4cc5ccccc5c5c4oc4ccc6ccccc6c45)n3)cc3ccccc23)O1. The van der Waals surface area contributed by atoms with E-state index >= 15 is 0 Å². The minimum atomic E-state index is 0.410. The van der Waals surface area contributed by atoms with Crippen molar-refractivity contribution in [2.75, 3.05) is 0 Å². The summed E-state index contributed by atoms with van der Waals surface area (Å²) in [7, 11) is 0. The van der Waals surface area contributed by atoms with Gasteiger partial charge in [-0.3, -0.25) is 4.98 Å². The van der Waals surface area contributed by atoms with Crippen LogP contribution in [-0.4, -0.2) is 24.9 Å². The number of furan rings is 1. The molecular formula is C54H33N5O2. The Hall–Kier alpha value is -8.29. The van der Waals surface area contributed by atoms with Gasteiger partial charge in [-0.15, -0.1) is 0 Å². The molecule has 0 unspecified atom stereocenters. The minimum Gasteiger partial charge on any atom is -0.457 e. The standard InChI is InChI=1S/C54H33N5O2/c1-32-21-22-33-11-2-3-13-36(33)29-42-39-16-7-5-14-37(39)30-43(50(42)60-32)52-57-53(59-54(58-52)46-20-10-19-45(56-46)35-25-27-55-28-26-35)44-31-38-15-6-9-18-41(38)49-48-40-17-8-4-12-34(40)23-24-47(48)61-51(44)49/h2-28,30-31H,1,29H2/b22-21-. The summed E-state index contributed by atoms with van der Waals surface area (Å²) in [6.45, 7) is 4.33. The van der Waals surface area contributed by atoms with Gasteiger partial charge in [-0.05, 0) is 92.0 Å². The lowest BCUT2D eigenvalue weighted by molar-refractivity contribution is 0.445. The molecule has 12 rings (SSSR count). The Morgan fingerprint density at radius 3 is 2.00 bits per heavy atom. The van der Waals surface area contributed by atoms with Gasteiger partial charge < -0.3 is 9.15 Å². The predicted molar refractivity (Wildman–Crippen MR) is 245 cm³/mol. The van der Waals surface area contributed by atoms with Gasteiger partial charge in [0.1, 0.15) is 28.4 Å². The number of fused-ring (bicyclic) bond motifs is 11. The summed E-state index contributed by atoms with van der Waals surface area (Å²) in [5, 5.41) is 8.57. The molecule has 11 aromatic rings. The van der Waals surface area contributed by atoms with Crippen LogP contribution in [0, 0.1) is 0 Å². The van der Waals surface area contributed by atoms with E-state index in [1.807, 2.05) is 36.4 Å². The molecule has 0 radical (unpaired) electrons. The van der Waals surface area contributed by atoms with Crippen molar-refractivity contribution in [1.82, 2.24) is 24.9 Å². The third kappa shape index (κ3) is 5.86. The average molecular weight is 784 g/mol. The maximum absolute atomic E-state index is 6.90. The molecule has 7 nitrogen and oxygen atoms in total. The molecule has 61 heavy (non-hydrogen) atoms. The molecule has 0 atom stereocenters. The molecule has 0 spiro atoms. The van der Waals surface area contributed by atoms with E-state index in [4.69, 9.17) is 29.1 Å². The number of aromatic nitrogens is 5. The molecule has 5 heterocycles. The number of pyridine rings is 2. The molecule has 0 amide bonds. The fourth-order valence-electron chi connectivity index (χ4n) is 8.79. The quantitative estimate of drug-likeness (QED) is 0.176. The Balaban J connectivity index is 1.17. The van der Waals surface area contributed by atoms with Crippen molar-refractivity contribution in [2.24, 2.45) is 0 Å². The van der Waals surface area contributed by atoms with Crippen molar-refractivity contribution in [3.63, 3.8) is 0 Å². The lowest BCUT2D eigenvalue weighted by Gasteiger charge is -2.19. The minimum absolute atomic E-state index is 0.410. The molecule has 0 bridgehead atoms. The molecule has 7 aromatic carbocycles. The van der Waals surface area contributed by atoms with E-state index in [1.165, 1.54) is 5.56 Å². The second-order valence-electron chi connectivity index (χ2n) is 15.3. The number of rotatable bonds is 4. The topological polar surface area (TPSA) is 86.8 Å². The number of nitrogens with zero attached hydrogens (tertiary/aromatic N) is 5. The molecule has 0 saturated carbocycles. The fraction of sp³-hybridized carbons (Fsp3) is 0.0185. The molecule has 4 aromatic heterocycles. The normalized spacial score (nSPS) is 13.1. The Labute approximate surface area is 350 Å². The molecule has 1 aliphatic rings. The first kappa shape index (κ1) is 34.7. The van der Waals surface area contributed by atoms with Crippen molar-refractivity contribution in [3.05, 3.63) is 199 Å². The van der Waals surface area contributed by atoms with Crippen molar-refractivity contribution in [1.29, 1.82) is 0 Å². The molecule has 286 valence electrons. The zero-order valence-corrected chi connectivity index (χ0v) is 32.7. The van der Waals surface area contributed by atoms with Gasteiger partial charge in [0.05, 0.1) is 16.8 Å². The van der Waals surface area contributed by atoms with Gasteiger partial charge in [0.2, 0.25) is 0 Å². The summed E-state index contributed by atoms with van der Waals surface area (Å²) < 4.78 is 13.7. The van der Waals surface area contributed by atoms with Gasteiger partial charge in [0.25, 0.3) is 0 Å². The first-order chi connectivity index (χ1) is 30.1. The number of allylic oxidation sites excluding steroid dienone is 1. The predicted octanol–water partition coefficient (Wildman–Crippen LogP) is 13.2. The number of benzene rings is 7. The van der Waals surface area contributed by atoms with E-state index < -0.39 is 0 Å². The molecule has 0 fully saturated rings. The van der Waals surface area contributed by atoms with Gasteiger partial charge in [0, 0.05) is 40.7 Å². The number of ether oxygens (including phenoxy) is 1. The highest BCUT2D eigenvalue weighted by Crippen LogP contribution is 2.45. The lowest BCUT2D eigenvalue weighted by atomic mass is 9.92. The monoisotopic (exact) mass is 783 g/mol.